The Labute approximate surface area is 68.5 Å². The van der Waals surface area contributed by atoms with Crippen LogP contribution in [-0.4, -0.2) is 17.8 Å². The Morgan fingerprint density at radius 3 is 1.83 bits per heavy atom. The number of rotatable bonds is 1. The maximum Gasteiger partial charge on any atom is 0.338 e. The highest BCUT2D eigenvalue weighted by Crippen LogP contribution is 1.92. The van der Waals surface area contributed by atoms with Gasteiger partial charge in [-0.2, -0.15) is 0 Å². The van der Waals surface area contributed by atoms with E-state index in [0.29, 0.717) is 0 Å². The lowest BCUT2D eigenvalue weighted by molar-refractivity contribution is -0.150. The van der Waals surface area contributed by atoms with E-state index in [1.165, 1.54) is 0 Å². The van der Waals surface area contributed by atoms with Crippen LogP contribution in [0.3, 0.4) is 0 Å². The lowest BCUT2D eigenvalue weighted by Crippen LogP contribution is -2.04. The maximum atomic E-state index is 9.92. The van der Waals surface area contributed by atoms with Gasteiger partial charge >= 0.3 is 11.9 Å². The molecular formula is C7H7NO4. The monoisotopic (exact) mass is 169 g/mol. The first-order valence-electron chi connectivity index (χ1n) is 2.92. The minimum absolute atomic E-state index is 0.481. The fourth-order valence-corrected chi connectivity index (χ4v) is 0.303. The second-order valence-corrected chi connectivity index (χ2v) is 1.68. The van der Waals surface area contributed by atoms with E-state index in [1.54, 1.807) is 0 Å². The largest absolute Gasteiger partial charge is 0.387 e. The Morgan fingerprint density at radius 1 is 1.42 bits per heavy atom. The van der Waals surface area contributed by atoms with Crippen molar-refractivity contribution in [3.05, 3.63) is 24.8 Å². The number of esters is 2. The van der Waals surface area contributed by atoms with Crippen molar-refractivity contribution in [3.8, 4) is 0 Å². The molecule has 0 spiro atoms. The van der Waals surface area contributed by atoms with Crippen LogP contribution >= 0.6 is 0 Å². The molecule has 5 nitrogen and oxygen atoms in total. The molecule has 5 heteroatoms. The summed E-state index contributed by atoms with van der Waals surface area (Å²) in [5, 5.41) is 0. The maximum absolute atomic E-state index is 9.92. The Balaban J connectivity index is 0.000000217. The molecule has 2 N–H and O–H groups in total. The molecule has 1 heterocycles. The predicted octanol–water partition coefficient (Wildman–Crippen LogP) is -0.716. The van der Waals surface area contributed by atoms with Gasteiger partial charge in [-0.05, 0) is 6.08 Å². The van der Waals surface area contributed by atoms with Crippen LogP contribution in [0, 0.1) is 0 Å². The molecule has 0 unspecified atom stereocenters. The lowest BCUT2D eigenvalue weighted by atomic mass is 10.6. The summed E-state index contributed by atoms with van der Waals surface area (Å²) >= 11 is 0. The number of primary amides is 1. The van der Waals surface area contributed by atoms with Crippen LogP contribution in [0.15, 0.2) is 24.8 Å². The molecule has 1 aliphatic rings. The van der Waals surface area contributed by atoms with Gasteiger partial charge in [-0.1, -0.05) is 6.58 Å². The third-order valence-electron chi connectivity index (χ3n) is 0.758. The Morgan fingerprint density at radius 2 is 1.75 bits per heavy atom. The number of carbonyl (C=O) groups excluding carboxylic acids is 3. The van der Waals surface area contributed by atoms with Gasteiger partial charge in [0.1, 0.15) is 0 Å². The zero-order valence-corrected chi connectivity index (χ0v) is 6.15. The van der Waals surface area contributed by atoms with Crippen LogP contribution in [0.25, 0.3) is 0 Å². The molecule has 0 aliphatic carbocycles. The molecule has 12 heavy (non-hydrogen) atoms. The van der Waals surface area contributed by atoms with E-state index in [4.69, 9.17) is 0 Å². The fraction of sp³-hybridized carbons (Fsp3) is 0. The molecular weight excluding hydrogens is 162 g/mol. The molecule has 0 aromatic rings. The van der Waals surface area contributed by atoms with Crippen molar-refractivity contribution < 1.29 is 19.1 Å². The molecule has 1 aliphatic heterocycles. The number of cyclic esters (lactones) is 2. The Hall–Kier alpha value is -1.91. The first-order valence-corrected chi connectivity index (χ1v) is 2.92. The zero-order chi connectivity index (χ0) is 9.56. The normalized spacial score (nSPS) is 13.0. The first kappa shape index (κ1) is 10.1. The summed E-state index contributed by atoms with van der Waals surface area (Å²) in [7, 11) is 0. The molecule has 0 saturated heterocycles. The number of nitrogens with two attached hydrogens (primary N) is 1. The second kappa shape index (κ2) is 4.84. The van der Waals surface area contributed by atoms with Crippen molar-refractivity contribution in [1.82, 2.24) is 0 Å². The van der Waals surface area contributed by atoms with Gasteiger partial charge in [0.05, 0.1) is 0 Å². The second-order valence-electron chi connectivity index (χ2n) is 1.68. The van der Waals surface area contributed by atoms with Crippen molar-refractivity contribution in [1.29, 1.82) is 0 Å². The van der Waals surface area contributed by atoms with Crippen LogP contribution in [0.2, 0.25) is 0 Å². The SMILES string of the molecule is C=CC(N)=O.O=C1C=CC(=O)O1. The third kappa shape index (κ3) is 4.92. The zero-order valence-electron chi connectivity index (χ0n) is 6.15. The van der Waals surface area contributed by atoms with E-state index < -0.39 is 17.8 Å². The van der Waals surface area contributed by atoms with E-state index in [9.17, 15) is 14.4 Å². The molecule has 0 aromatic carbocycles. The van der Waals surface area contributed by atoms with E-state index >= 15 is 0 Å². The summed E-state index contributed by atoms with van der Waals surface area (Å²) < 4.78 is 3.97. The third-order valence-corrected chi connectivity index (χ3v) is 0.758. The molecule has 0 radical (unpaired) electrons. The Kier molecular flexibility index (Phi) is 4.07. The summed E-state index contributed by atoms with van der Waals surface area (Å²) in [5.41, 5.74) is 4.53. The van der Waals surface area contributed by atoms with Gasteiger partial charge in [0, 0.05) is 12.2 Å². The molecule has 0 atom stereocenters. The molecule has 0 fully saturated rings. The molecule has 1 rings (SSSR count). The van der Waals surface area contributed by atoms with E-state index in [-0.39, 0.29) is 0 Å². The van der Waals surface area contributed by atoms with Crippen molar-refractivity contribution in [2.45, 2.75) is 0 Å². The number of carbonyl (C=O) groups is 3. The van der Waals surface area contributed by atoms with Crippen molar-refractivity contribution in [3.63, 3.8) is 0 Å². The summed E-state index contributed by atoms with van der Waals surface area (Å²) in [5.74, 6) is -1.64. The summed E-state index contributed by atoms with van der Waals surface area (Å²) in [6, 6.07) is 0. The van der Waals surface area contributed by atoms with Gasteiger partial charge in [0.25, 0.3) is 0 Å². The summed E-state index contributed by atoms with van der Waals surface area (Å²) in [4.78, 5) is 29.3. The molecule has 0 bridgehead atoms. The van der Waals surface area contributed by atoms with Gasteiger partial charge in [0.15, 0.2) is 0 Å². The fourth-order valence-electron chi connectivity index (χ4n) is 0.303. The van der Waals surface area contributed by atoms with Crippen LogP contribution in [-0.2, 0) is 19.1 Å². The van der Waals surface area contributed by atoms with Crippen LogP contribution in [0.4, 0.5) is 0 Å². The minimum Gasteiger partial charge on any atom is -0.387 e. The topological polar surface area (TPSA) is 86.5 Å². The van der Waals surface area contributed by atoms with Gasteiger partial charge in [0.2, 0.25) is 5.91 Å². The highest BCUT2D eigenvalue weighted by molar-refractivity contribution is 6.04. The molecule has 0 aromatic heterocycles. The number of ether oxygens (including phenoxy) is 1. The summed E-state index contributed by atoms with van der Waals surface area (Å²) in [6.07, 6.45) is 3.23. The number of hydrogen-bond donors (Lipinski definition) is 1. The van der Waals surface area contributed by atoms with Crippen molar-refractivity contribution >= 4 is 17.8 Å². The predicted molar refractivity (Wildman–Crippen MR) is 39.6 cm³/mol. The van der Waals surface area contributed by atoms with Gasteiger partial charge in [-0.15, -0.1) is 0 Å². The first-order chi connectivity index (χ1) is 5.56. The standard InChI is InChI=1S/C4H2O3.C3H5NO/c5-3-1-2-4(6)7-3;1-2-3(4)5/h1-2H;2H,1H2,(H2,4,5). The quantitative estimate of drug-likeness (QED) is 0.319. The van der Waals surface area contributed by atoms with Crippen molar-refractivity contribution in [2.24, 2.45) is 5.73 Å². The molecule has 0 saturated carbocycles. The van der Waals surface area contributed by atoms with E-state index in [1.807, 2.05) is 0 Å². The van der Waals surface area contributed by atoms with Gasteiger partial charge in [-0.25, -0.2) is 9.59 Å². The van der Waals surface area contributed by atoms with Crippen LogP contribution in [0.1, 0.15) is 0 Å². The lowest BCUT2D eigenvalue weighted by Gasteiger charge is -1.80. The van der Waals surface area contributed by atoms with Crippen LogP contribution < -0.4 is 5.73 Å². The number of amides is 1. The highest BCUT2D eigenvalue weighted by atomic mass is 16.6. The molecule has 1 amide bonds. The molecule has 64 valence electrons. The van der Waals surface area contributed by atoms with Gasteiger partial charge in [-0.3, -0.25) is 4.79 Å². The van der Waals surface area contributed by atoms with Crippen molar-refractivity contribution in [2.75, 3.05) is 0 Å². The van der Waals surface area contributed by atoms with E-state index in [2.05, 4.69) is 17.0 Å². The highest BCUT2D eigenvalue weighted by Gasteiger charge is 2.10. The van der Waals surface area contributed by atoms with Gasteiger partial charge < -0.3 is 10.5 Å². The average molecular weight is 169 g/mol. The minimum atomic E-state index is -0.579. The van der Waals surface area contributed by atoms with Crippen LogP contribution in [0.5, 0.6) is 0 Å². The average Bonchev–Trinajstić information content (AvgIpc) is 2.36. The van der Waals surface area contributed by atoms with E-state index in [0.717, 1.165) is 18.2 Å². The smallest absolute Gasteiger partial charge is 0.338 e. The number of hydrogen-bond acceptors (Lipinski definition) is 4. The summed E-state index contributed by atoms with van der Waals surface area (Å²) in [6.45, 7) is 3.09. The Bertz CT molecular complexity index is 238.